The number of rotatable bonds is 3. The maximum atomic E-state index is 11.8. The van der Waals surface area contributed by atoms with Gasteiger partial charge in [-0.3, -0.25) is 9.89 Å². The Hall–Kier alpha value is -1.81. The van der Waals surface area contributed by atoms with Crippen molar-refractivity contribution in [3.05, 3.63) is 47.5 Å². The van der Waals surface area contributed by atoms with Crippen LogP contribution in [-0.2, 0) is 4.74 Å². The number of aliphatic imine (C=N–C) groups is 1. The van der Waals surface area contributed by atoms with Crippen molar-refractivity contribution in [3.8, 4) is 0 Å². The Balaban J connectivity index is 2.17. The second kappa shape index (κ2) is 5.69. The van der Waals surface area contributed by atoms with Crippen LogP contribution in [0.3, 0.4) is 0 Å². The molecule has 0 bridgehead atoms. The summed E-state index contributed by atoms with van der Waals surface area (Å²) in [5, 5.41) is 0.613. The fourth-order valence-corrected chi connectivity index (χ4v) is 1.90. The van der Waals surface area contributed by atoms with Gasteiger partial charge in [0, 0.05) is 10.6 Å². The summed E-state index contributed by atoms with van der Waals surface area (Å²) in [5.74, 6) is 0.603. The molecule has 1 aliphatic heterocycles. The summed E-state index contributed by atoms with van der Waals surface area (Å²) in [6.45, 7) is 4.80. The van der Waals surface area contributed by atoms with Crippen LogP contribution in [-0.4, -0.2) is 36.5 Å². The number of amidine groups is 1. The first kappa shape index (κ1) is 12.6. The van der Waals surface area contributed by atoms with Crippen molar-refractivity contribution < 1.29 is 9.53 Å². The van der Waals surface area contributed by atoms with Gasteiger partial charge in [-0.2, -0.15) is 0 Å². The molecule has 1 aliphatic rings. The molecule has 1 aromatic carbocycles. The highest BCUT2D eigenvalue weighted by Crippen LogP contribution is 2.16. The molecule has 5 heteroatoms. The Bertz CT molecular complexity index is 500. The van der Waals surface area contributed by atoms with E-state index >= 15 is 0 Å². The standard InChI is InChI=1S/C13H13ClN2O2/c1-2-8-18-13(17)16-7-6-15-12(16)10-4-3-5-11(14)9-10/h2-5,9H,1,6-8H2. The molecule has 0 unspecified atom stereocenters. The normalized spacial score (nSPS) is 14.3. The number of ether oxygens (including phenoxy) is 1. The van der Waals surface area contributed by atoms with Crippen LogP contribution in [0.2, 0.25) is 5.02 Å². The van der Waals surface area contributed by atoms with Gasteiger partial charge in [0.25, 0.3) is 0 Å². The minimum absolute atomic E-state index is 0.193. The Labute approximate surface area is 111 Å². The molecule has 94 valence electrons. The number of halogens is 1. The van der Waals surface area contributed by atoms with Gasteiger partial charge in [0.05, 0.1) is 13.1 Å². The Morgan fingerprint density at radius 3 is 3.17 bits per heavy atom. The molecule has 1 amide bonds. The van der Waals surface area contributed by atoms with Gasteiger partial charge in [-0.25, -0.2) is 4.79 Å². The van der Waals surface area contributed by atoms with Gasteiger partial charge in [0.15, 0.2) is 0 Å². The first-order valence-electron chi connectivity index (χ1n) is 5.58. The third kappa shape index (κ3) is 2.71. The topological polar surface area (TPSA) is 41.9 Å². The monoisotopic (exact) mass is 264 g/mol. The Morgan fingerprint density at radius 2 is 2.44 bits per heavy atom. The van der Waals surface area contributed by atoms with Crippen LogP contribution in [0.1, 0.15) is 5.56 Å². The maximum absolute atomic E-state index is 11.8. The third-order valence-electron chi connectivity index (χ3n) is 2.47. The zero-order chi connectivity index (χ0) is 13.0. The summed E-state index contributed by atoms with van der Waals surface area (Å²) in [7, 11) is 0. The second-order valence-electron chi connectivity index (χ2n) is 3.73. The van der Waals surface area contributed by atoms with Crippen LogP contribution in [0.25, 0.3) is 0 Å². The third-order valence-corrected chi connectivity index (χ3v) is 2.70. The van der Waals surface area contributed by atoms with E-state index in [4.69, 9.17) is 16.3 Å². The number of hydrogen-bond acceptors (Lipinski definition) is 3. The van der Waals surface area contributed by atoms with E-state index in [2.05, 4.69) is 11.6 Å². The van der Waals surface area contributed by atoms with Gasteiger partial charge in [0.2, 0.25) is 0 Å². The Kier molecular flexibility index (Phi) is 3.99. The van der Waals surface area contributed by atoms with E-state index in [0.29, 0.717) is 23.9 Å². The van der Waals surface area contributed by atoms with Gasteiger partial charge in [-0.15, -0.1) is 0 Å². The van der Waals surface area contributed by atoms with Crippen molar-refractivity contribution in [2.75, 3.05) is 19.7 Å². The minimum atomic E-state index is -0.411. The lowest BCUT2D eigenvalue weighted by Crippen LogP contribution is -2.35. The molecule has 0 saturated heterocycles. The van der Waals surface area contributed by atoms with Crippen molar-refractivity contribution in [2.24, 2.45) is 4.99 Å². The maximum Gasteiger partial charge on any atom is 0.415 e. The molecule has 0 aliphatic carbocycles. The highest BCUT2D eigenvalue weighted by molar-refractivity contribution is 6.31. The van der Waals surface area contributed by atoms with Crippen LogP contribution >= 0.6 is 11.6 Å². The first-order valence-corrected chi connectivity index (χ1v) is 5.96. The summed E-state index contributed by atoms with van der Waals surface area (Å²) in [6, 6.07) is 7.25. The molecular formula is C13H13ClN2O2. The van der Waals surface area contributed by atoms with E-state index in [1.165, 1.54) is 11.0 Å². The van der Waals surface area contributed by atoms with Gasteiger partial charge in [0.1, 0.15) is 12.4 Å². The van der Waals surface area contributed by atoms with Gasteiger partial charge >= 0.3 is 6.09 Å². The fourth-order valence-electron chi connectivity index (χ4n) is 1.71. The summed E-state index contributed by atoms with van der Waals surface area (Å²) >= 11 is 5.93. The van der Waals surface area contributed by atoms with Crippen LogP contribution in [0.4, 0.5) is 4.79 Å². The van der Waals surface area contributed by atoms with Crippen LogP contribution in [0.5, 0.6) is 0 Å². The molecule has 0 saturated carbocycles. The average molecular weight is 265 g/mol. The lowest BCUT2D eigenvalue weighted by atomic mass is 10.2. The summed E-state index contributed by atoms with van der Waals surface area (Å²) in [5.41, 5.74) is 0.815. The van der Waals surface area contributed by atoms with Crippen molar-refractivity contribution in [1.82, 2.24) is 4.90 Å². The fraction of sp³-hybridized carbons (Fsp3) is 0.231. The molecule has 0 radical (unpaired) electrons. The molecule has 0 spiro atoms. The minimum Gasteiger partial charge on any atom is -0.445 e. The lowest BCUT2D eigenvalue weighted by Gasteiger charge is -2.17. The van der Waals surface area contributed by atoms with Gasteiger partial charge < -0.3 is 4.74 Å². The number of hydrogen-bond donors (Lipinski definition) is 0. The number of carbonyl (C=O) groups excluding carboxylic acids is 1. The molecule has 4 nitrogen and oxygen atoms in total. The van der Waals surface area contributed by atoms with Crippen molar-refractivity contribution >= 4 is 23.5 Å². The summed E-state index contributed by atoms with van der Waals surface area (Å²) < 4.78 is 5.01. The summed E-state index contributed by atoms with van der Waals surface area (Å²) in [4.78, 5) is 17.6. The van der Waals surface area contributed by atoms with E-state index < -0.39 is 6.09 Å². The van der Waals surface area contributed by atoms with Gasteiger partial charge in [-0.1, -0.05) is 36.4 Å². The molecule has 2 rings (SSSR count). The Morgan fingerprint density at radius 1 is 1.61 bits per heavy atom. The molecule has 1 aromatic rings. The molecule has 0 aromatic heterocycles. The number of benzene rings is 1. The average Bonchev–Trinajstić information content (AvgIpc) is 2.85. The zero-order valence-corrected chi connectivity index (χ0v) is 10.6. The molecule has 0 fully saturated rings. The molecule has 0 atom stereocenters. The van der Waals surface area contributed by atoms with E-state index in [9.17, 15) is 4.79 Å². The van der Waals surface area contributed by atoms with Crippen LogP contribution in [0, 0.1) is 0 Å². The lowest BCUT2D eigenvalue weighted by molar-refractivity contribution is 0.136. The largest absolute Gasteiger partial charge is 0.445 e. The smallest absolute Gasteiger partial charge is 0.415 e. The predicted molar refractivity (Wildman–Crippen MR) is 71.1 cm³/mol. The highest BCUT2D eigenvalue weighted by Gasteiger charge is 2.25. The highest BCUT2D eigenvalue weighted by atomic mass is 35.5. The van der Waals surface area contributed by atoms with Crippen molar-refractivity contribution in [2.45, 2.75) is 0 Å². The predicted octanol–water partition coefficient (Wildman–Crippen LogP) is 2.72. The van der Waals surface area contributed by atoms with Crippen molar-refractivity contribution in [1.29, 1.82) is 0 Å². The SMILES string of the molecule is C=CCOC(=O)N1CCN=C1c1cccc(Cl)c1. The first-order chi connectivity index (χ1) is 8.72. The molecular weight excluding hydrogens is 252 g/mol. The van der Waals surface area contributed by atoms with Gasteiger partial charge in [-0.05, 0) is 12.1 Å². The molecule has 18 heavy (non-hydrogen) atoms. The summed E-state index contributed by atoms with van der Waals surface area (Å²) in [6.07, 6.45) is 1.12. The number of amides is 1. The zero-order valence-electron chi connectivity index (χ0n) is 9.80. The second-order valence-corrected chi connectivity index (χ2v) is 4.17. The molecule has 1 heterocycles. The van der Waals surface area contributed by atoms with E-state index in [-0.39, 0.29) is 6.61 Å². The van der Waals surface area contributed by atoms with Crippen LogP contribution in [0.15, 0.2) is 41.9 Å². The van der Waals surface area contributed by atoms with Crippen LogP contribution < -0.4 is 0 Å². The van der Waals surface area contributed by atoms with Crippen molar-refractivity contribution in [3.63, 3.8) is 0 Å². The number of carbonyl (C=O) groups is 1. The van der Waals surface area contributed by atoms with E-state index in [1.54, 1.807) is 12.1 Å². The van der Waals surface area contributed by atoms with E-state index in [0.717, 1.165) is 5.56 Å². The number of nitrogens with zero attached hydrogens (tertiary/aromatic N) is 2. The molecule has 0 N–H and O–H groups in total. The van der Waals surface area contributed by atoms with E-state index in [1.807, 2.05) is 12.1 Å². The quantitative estimate of drug-likeness (QED) is 0.788.